The minimum absolute atomic E-state index is 0.0185. The minimum atomic E-state index is -0.219. The molecule has 0 aromatic heterocycles. The lowest BCUT2D eigenvalue weighted by atomic mass is 9.80. The fourth-order valence-electron chi connectivity index (χ4n) is 5.30. The third-order valence-electron chi connectivity index (χ3n) is 6.52. The van der Waals surface area contributed by atoms with Crippen molar-refractivity contribution in [1.29, 1.82) is 0 Å². The fraction of sp³-hybridized carbons (Fsp3) is 0.375. The van der Waals surface area contributed by atoms with E-state index in [1.807, 2.05) is 51.1 Å². The van der Waals surface area contributed by atoms with Crippen molar-refractivity contribution in [3.63, 3.8) is 0 Å². The van der Waals surface area contributed by atoms with E-state index in [2.05, 4.69) is 15.9 Å². The number of hydrogen-bond acceptors (Lipinski definition) is 4. The molecule has 1 aliphatic carbocycles. The molecule has 0 unspecified atom stereocenters. The number of allylic oxidation sites excluding steroid dienone is 1. The Balaban J connectivity index is 1.51. The number of carbonyl (C=O) groups excluding carboxylic acids is 1. The largest absolute Gasteiger partial charge is 0.511 e. The molecule has 2 saturated heterocycles. The number of ketones is 1. The van der Waals surface area contributed by atoms with Crippen molar-refractivity contribution in [2.45, 2.75) is 45.8 Å². The number of aryl methyl sites for hydroxylation is 3. The average Bonchev–Trinajstić information content (AvgIpc) is 3.33. The van der Waals surface area contributed by atoms with E-state index in [0.29, 0.717) is 5.57 Å². The van der Waals surface area contributed by atoms with Gasteiger partial charge in [-0.2, -0.15) is 0 Å². The van der Waals surface area contributed by atoms with Crippen molar-refractivity contribution in [2.75, 3.05) is 0 Å². The molecule has 0 amide bonds. The Bertz CT molecular complexity index is 1050. The van der Waals surface area contributed by atoms with Crippen LogP contribution in [0.3, 0.4) is 0 Å². The Morgan fingerprint density at radius 2 is 1.66 bits per heavy atom. The maximum atomic E-state index is 13.2. The first-order valence-corrected chi connectivity index (χ1v) is 10.8. The molecule has 4 nitrogen and oxygen atoms in total. The molecule has 5 heteroatoms. The van der Waals surface area contributed by atoms with Crippen molar-refractivity contribution in [3.8, 4) is 11.5 Å². The molecule has 5 rings (SSSR count). The summed E-state index contributed by atoms with van der Waals surface area (Å²) in [6.07, 6.45) is 1.78. The van der Waals surface area contributed by atoms with Gasteiger partial charge in [0.15, 0.2) is 5.78 Å². The summed E-state index contributed by atoms with van der Waals surface area (Å²) < 4.78 is 13.0. The lowest BCUT2D eigenvalue weighted by Gasteiger charge is -2.19. The van der Waals surface area contributed by atoms with E-state index in [9.17, 15) is 9.90 Å². The van der Waals surface area contributed by atoms with Crippen LogP contribution in [0.15, 0.2) is 40.6 Å². The number of fused-ring (bicyclic) bond motifs is 5. The quantitative estimate of drug-likeness (QED) is 0.635. The Labute approximate surface area is 178 Å². The zero-order valence-electron chi connectivity index (χ0n) is 16.7. The number of ether oxygens (including phenoxy) is 2. The summed E-state index contributed by atoms with van der Waals surface area (Å²) in [7, 11) is 0. The highest BCUT2D eigenvalue weighted by Crippen LogP contribution is 2.54. The summed E-state index contributed by atoms with van der Waals surface area (Å²) in [6.45, 7) is 5.94. The molecule has 150 valence electrons. The molecule has 0 radical (unpaired) electrons. The molecule has 2 aliphatic heterocycles. The van der Waals surface area contributed by atoms with E-state index in [1.165, 1.54) is 0 Å². The van der Waals surface area contributed by atoms with E-state index < -0.39 is 0 Å². The number of benzene rings is 2. The van der Waals surface area contributed by atoms with Crippen LogP contribution in [-0.4, -0.2) is 23.1 Å². The summed E-state index contributed by atoms with van der Waals surface area (Å²) in [5.41, 5.74) is 4.21. The van der Waals surface area contributed by atoms with Crippen molar-refractivity contribution in [3.05, 3.63) is 62.8 Å². The molecule has 2 fully saturated rings. The second kappa shape index (κ2) is 6.71. The normalized spacial score (nSPS) is 27.7. The third-order valence-corrected chi connectivity index (χ3v) is 7.01. The van der Waals surface area contributed by atoms with Gasteiger partial charge in [-0.25, -0.2) is 0 Å². The second-order valence-corrected chi connectivity index (χ2v) is 9.33. The van der Waals surface area contributed by atoms with Crippen LogP contribution >= 0.6 is 15.9 Å². The molecule has 1 N–H and O–H groups in total. The Hall–Kier alpha value is -2.11. The standard InChI is InChI=1S/C24H23BrO4/c1-11-8-14(25)4-5-16(11)28-15-9-12(2)19(13(3)10-15)22-23(26)20-17-6-7-18(29-17)21(20)24(22)27/h4-5,8-10,17-18,20-21,26H,6-7H2,1-3H3/t17-,18+,20-,21+/m1/s1. The monoisotopic (exact) mass is 454 g/mol. The van der Waals surface area contributed by atoms with Gasteiger partial charge in [0.2, 0.25) is 0 Å². The number of Topliss-reactive ketones (excluding diaryl/α,β-unsaturated/α-hetero) is 1. The molecule has 29 heavy (non-hydrogen) atoms. The van der Waals surface area contributed by atoms with Crippen LogP contribution in [0, 0.1) is 32.6 Å². The van der Waals surface area contributed by atoms with Gasteiger partial charge in [-0.1, -0.05) is 15.9 Å². The minimum Gasteiger partial charge on any atom is -0.511 e. The molecule has 2 heterocycles. The summed E-state index contributed by atoms with van der Waals surface area (Å²) in [5.74, 6) is 1.38. The molecular formula is C24H23BrO4. The van der Waals surface area contributed by atoms with Gasteiger partial charge in [-0.3, -0.25) is 4.79 Å². The Morgan fingerprint density at radius 3 is 2.28 bits per heavy atom. The third kappa shape index (κ3) is 2.86. The van der Waals surface area contributed by atoms with Crippen LogP contribution in [0.25, 0.3) is 5.57 Å². The maximum Gasteiger partial charge on any atom is 0.173 e. The van der Waals surface area contributed by atoms with Gasteiger partial charge in [-0.05, 0) is 86.2 Å². The van der Waals surface area contributed by atoms with E-state index >= 15 is 0 Å². The van der Waals surface area contributed by atoms with Crippen LogP contribution in [0.5, 0.6) is 11.5 Å². The van der Waals surface area contributed by atoms with E-state index in [0.717, 1.165) is 51.1 Å². The second-order valence-electron chi connectivity index (χ2n) is 8.41. The topological polar surface area (TPSA) is 55.8 Å². The first-order chi connectivity index (χ1) is 13.8. The van der Waals surface area contributed by atoms with E-state index in [4.69, 9.17) is 9.47 Å². The summed E-state index contributed by atoms with van der Waals surface area (Å²) >= 11 is 3.47. The molecule has 3 aliphatic rings. The smallest absolute Gasteiger partial charge is 0.173 e. The van der Waals surface area contributed by atoms with Crippen molar-refractivity contribution >= 4 is 27.3 Å². The first kappa shape index (κ1) is 18.9. The predicted octanol–water partition coefficient (Wildman–Crippen LogP) is 5.81. The number of halogens is 1. The summed E-state index contributed by atoms with van der Waals surface area (Å²) in [6, 6.07) is 9.78. The van der Waals surface area contributed by atoms with Crippen LogP contribution in [0.2, 0.25) is 0 Å². The first-order valence-electron chi connectivity index (χ1n) is 10.0. The van der Waals surface area contributed by atoms with Gasteiger partial charge in [-0.15, -0.1) is 0 Å². The van der Waals surface area contributed by atoms with Gasteiger partial charge in [0.1, 0.15) is 17.3 Å². The Kier molecular flexibility index (Phi) is 4.37. The summed E-state index contributed by atoms with van der Waals surface area (Å²) in [4.78, 5) is 13.2. The van der Waals surface area contributed by atoms with Gasteiger partial charge in [0, 0.05) is 4.47 Å². The van der Waals surface area contributed by atoms with Crippen LogP contribution < -0.4 is 4.74 Å². The average molecular weight is 455 g/mol. The molecule has 4 atom stereocenters. The van der Waals surface area contributed by atoms with Crippen LogP contribution in [0.4, 0.5) is 0 Å². The SMILES string of the molecule is Cc1cc(Br)ccc1Oc1cc(C)c(C2=C(O)[C@H]3[C@@H](C2=O)[C@@H]2CC[C@H]3O2)c(C)c1. The van der Waals surface area contributed by atoms with Crippen LogP contribution in [0.1, 0.15) is 35.1 Å². The maximum absolute atomic E-state index is 13.2. The predicted molar refractivity (Wildman–Crippen MR) is 114 cm³/mol. The number of hydrogen-bond donors (Lipinski definition) is 1. The molecule has 2 aromatic rings. The number of carbonyl (C=O) groups is 1. The van der Waals surface area contributed by atoms with Crippen molar-refractivity contribution in [1.82, 2.24) is 0 Å². The highest BCUT2D eigenvalue weighted by molar-refractivity contribution is 9.10. The van der Waals surface area contributed by atoms with Gasteiger partial charge >= 0.3 is 0 Å². The fourth-order valence-corrected chi connectivity index (χ4v) is 5.78. The molecule has 2 bridgehead atoms. The molecule has 0 spiro atoms. The number of aliphatic hydroxyl groups excluding tert-OH is 1. The Morgan fingerprint density at radius 1 is 1.00 bits per heavy atom. The van der Waals surface area contributed by atoms with Crippen LogP contribution in [-0.2, 0) is 9.53 Å². The lowest BCUT2D eigenvalue weighted by molar-refractivity contribution is -0.118. The van der Waals surface area contributed by atoms with Crippen molar-refractivity contribution < 1.29 is 19.4 Å². The molecule has 0 saturated carbocycles. The highest BCUT2D eigenvalue weighted by Gasteiger charge is 2.59. The molecule has 2 aromatic carbocycles. The zero-order valence-corrected chi connectivity index (χ0v) is 18.2. The summed E-state index contributed by atoms with van der Waals surface area (Å²) in [5, 5.41) is 11.0. The van der Waals surface area contributed by atoms with E-state index in [-0.39, 0.29) is 35.6 Å². The van der Waals surface area contributed by atoms with Gasteiger partial charge in [0.25, 0.3) is 0 Å². The van der Waals surface area contributed by atoms with E-state index in [1.54, 1.807) is 0 Å². The molecular weight excluding hydrogens is 432 g/mol. The van der Waals surface area contributed by atoms with Gasteiger partial charge in [0.05, 0.1) is 29.6 Å². The van der Waals surface area contributed by atoms with Gasteiger partial charge < -0.3 is 14.6 Å². The highest BCUT2D eigenvalue weighted by atomic mass is 79.9. The number of aliphatic hydroxyl groups is 1. The lowest BCUT2D eigenvalue weighted by Crippen LogP contribution is -2.29. The zero-order chi connectivity index (χ0) is 20.4. The van der Waals surface area contributed by atoms with Crippen molar-refractivity contribution in [2.24, 2.45) is 11.8 Å². The number of rotatable bonds is 3.